The SMILES string of the molecule is CN1CCC(OC(=O)N2Cc3ccccc3C(c3cnn(C)c3)C2)CC1. The molecule has 6 heteroatoms. The van der Waals surface area contributed by atoms with Gasteiger partial charge in [-0.3, -0.25) is 4.68 Å². The van der Waals surface area contributed by atoms with Crippen molar-refractivity contribution >= 4 is 6.09 Å². The molecule has 2 aromatic rings. The van der Waals surface area contributed by atoms with E-state index >= 15 is 0 Å². The van der Waals surface area contributed by atoms with Crippen LogP contribution in [-0.4, -0.2) is 58.5 Å². The van der Waals surface area contributed by atoms with Gasteiger partial charge in [-0.1, -0.05) is 24.3 Å². The molecule has 1 unspecified atom stereocenters. The van der Waals surface area contributed by atoms with E-state index in [1.807, 2.05) is 35.1 Å². The van der Waals surface area contributed by atoms with Gasteiger partial charge >= 0.3 is 6.09 Å². The highest BCUT2D eigenvalue weighted by atomic mass is 16.6. The van der Waals surface area contributed by atoms with Crippen molar-refractivity contribution in [3.05, 3.63) is 53.3 Å². The summed E-state index contributed by atoms with van der Waals surface area (Å²) in [6.07, 6.45) is 5.61. The van der Waals surface area contributed by atoms with E-state index in [-0.39, 0.29) is 18.1 Å². The number of aromatic nitrogens is 2. The van der Waals surface area contributed by atoms with Crippen LogP contribution >= 0.6 is 0 Å². The first kappa shape index (κ1) is 17.1. The van der Waals surface area contributed by atoms with Crippen LogP contribution in [0.4, 0.5) is 4.79 Å². The second-order valence-electron chi connectivity index (χ2n) is 7.47. The predicted molar refractivity (Wildman–Crippen MR) is 98.9 cm³/mol. The fourth-order valence-corrected chi connectivity index (χ4v) is 3.97. The monoisotopic (exact) mass is 354 g/mol. The van der Waals surface area contributed by atoms with Gasteiger partial charge in [0.05, 0.1) is 6.20 Å². The number of amides is 1. The number of aryl methyl sites for hydroxylation is 1. The van der Waals surface area contributed by atoms with Crippen LogP contribution < -0.4 is 0 Å². The topological polar surface area (TPSA) is 50.6 Å². The number of hydrogen-bond acceptors (Lipinski definition) is 4. The summed E-state index contributed by atoms with van der Waals surface area (Å²) in [7, 11) is 4.03. The van der Waals surface area contributed by atoms with E-state index < -0.39 is 0 Å². The van der Waals surface area contributed by atoms with Crippen molar-refractivity contribution in [1.82, 2.24) is 19.6 Å². The molecule has 0 saturated carbocycles. The number of fused-ring (bicyclic) bond motifs is 1. The zero-order chi connectivity index (χ0) is 18.1. The molecule has 138 valence electrons. The van der Waals surface area contributed by atoms with Crippen LogP contribution in [-0.2, 0) is 18.3 Å². The van der Waals surface area contributed by atoms with Gasteiger partial charge in [-0.05, 0) is 36.6 Å². The fourth-order valence-electron chi connectivity index (χ4n) is 3.97. The van der Waals surface area contributed by atoms with E-state index in [2.05, 4.69) is 35.2 Å². The molecule has 2 aliphatic heterocycles. The predicted octanol–water partition coefficient (Wildman–Crippen LogP) is 2.60. The van der Waals surface area contributed by atoms with Gasteiger partial charge in [-0.15, -0.1) is 0 Å². The van der Waals surface area contributed by atoms with Crippen molar-refractivity contribution in [2.24, 2.45) is 7.05 Å². The number of ether oxygens (including phenoxy) is 1. The van der Waals surface area contributed by atoms with Crippen molar-refractivity contribution < 1.29 is 9.53 Å². The third-order valence-corrected chi connectivity index (χ3v) is 5.51. The van der Waals surface area contributed by atoms with Crippen LogP contribution in [0.1, 0.15) is 35.4 Å². The number of piperidine rings is 1. The Bertz CT molecular complexity index is 780. The molecule has 2 aliphatic rings. The lowest BCUT2D eigenvalue weighted by Gasteiger charge is -2.36. The van der Waals surface area contributed by atoms with Crippen molar-refractivity contribution in [3.63, 3.8) is 0 Å². The summed E-state index contributed by atoms with van der Waals surface area (Å²) in [6, 6.07) is 8.36. The number of nitrogens with zero attached hydrogens (tertiary/aromatic N) is 4. The van der Waals surface area contributed by atoms with E-state index in [1.165, 1.54) is 11.1 Å². The molecule has 0 bridgehead atoms. The highest BCUT2D eigenvalue weighted by Gasteiger charge is 2.32. The molecule has 1 amide bonds. The summed E-state index contributed by atoms with van der Waals surface area (Å²) in [5.41, 5.74) is 3.61. The maximum Gasteiger partial charge on any atom is 0.410 e. The van der Waals surface area contributed by atoms with Gasteiger partial charge in [0.25, 0.3) is 0 Å². The first-order valence-electron chi connectivity index (χ1n) is 9.30. The van der Waals surface area contributed by atoms with Crippen molar-refractivity contribution in [1.29, 1.82) is 0 Å². The van der Waals surface area contributed by atoms with Gasteiger partial charge in [0, 0.05) is 45.3 Å². The van der Waals surface area contributed by atoms with E-state index in [0.717, 1.165) is 31.5 Å². The maximum absolute atomic E-state index is 12.8. The maximum atomic E-state index is 12.8. The summed E-state index contributed by atoms with van der Waals surface area (Å²) < 4.78 is 7.64. The van der Waals surface area contributed by atoms with Crippen LogP contribution in [0.25, 0.3) is 0 Å². The summed E-state index contributed by atoms with van der Waals surface area (Å²) in [6.45, 7) is 3.21. The minimum absolute atomic E-state index is 0.0349. The molecule has 1 aromatic carbocycles. The molecule has 4 rings (SSSR count). The average molecular weight is 354 g/mol. The minimum Gasteiger partial charge on any atom is -0.446 e. The lowest BCUT2D eigenvalue weighted by Crippen LogP contribution is -2.42. The molecule has 3 heterocycles. The van der Waals surface area contributed by atoms with Crippen LogP contribution in [0.15, 0.2) is 36.7 Å². The zero-order valence-electron chi connectivity index (χ0n) is 15.5. The number of carbonyl (C=O) groups is 1. The van der Waals surface area contributed by atoms with E-state index in [0.29, 0.717) is 13.1 Å². The Labute approximate surface area is 154 Å². The highest BCUT2D eigenvalue weighted by Crippen LogP contribution is 2.33. The number of rotatable bonds is 2. The van der Waals surface area contributed by atoms with Crippen LogP contribution in [0.5, 0.6) is 0 Å². The van der Waals surface area contributed by atoms with Crippen molar-refractivity contribution in [3.8, 4) is 0 Å². The lowest BCUT2D eigenvalue weighted by molar-refractivity contribution is 0.0295. The van der Waals surface area contributed by atoms with E-state index in [9.17, 15) is 4.79 Å². The zero-order valence-corrected chi connectivity index (χ0v) is 15.5. The first-order chi connectivity index (χ1) is 12.6. The number of carbonyl (C=O) groups excluding carboxylic acids is 1. The molecule has 6 nitrogen and oxygen atoms in total. The van der Waals surface area contributed by atoms with Gasteiger partial charge < -0.3 is 14.5 Å². The molecule has 0 radical (unpaired) electrons. The Hall–Kier alpha value is -2.34. The largest absolute Gasteiger partial charge is 0.446 e. The van der Waals surface area contributed by atoms with Gasteiger partial charge in [0.2, 0.25) is 0 Å². The number of benzene rings is 1. The van der Waals surface area contributed by atoms with Crippen LogP contribution in [0.3, 0.4) is 0 Å². The van der Waals surface area contributed by atoms with Gasteiger partial charge in [-0.25, -0.2) is 4.79 Å². The van der Waals surface area contributed by atoms with Crippen LogP contribution in [0.2, 0.25) is 0 Å². The molecule has 0 N–H and O–H groups in total. The Morgan fingerprint density at radius 3 is 2.69 bits per heavy atom. The second-order valence-corrected chi connectivity index (χ2v) is 7.47. The minimum atomic E-state index is -0.192. The summed E-state index contributed by atoms with van der Waals surface area (Å²) >= 11 is 0. The summed E-state index contributed by atoms with van der Waals surface area (Å²) in [4.78, 5) is 16.9. The van der Waals surface area contributed by atoms with Crippen molar-refractivity contribution in [2.45, 2.75) is 31.4 Å². The third kappa shape index (κ3) is 3.46. The Balaban J connectivity index is 1.52. The smallest absolute Gasteiger partial charge is 0.410 e. The molecule has 1 saturated heterocycles. The Morgan fingerprint density at radius 2 is 1.96 bits per heavy atom. The molecular formula is C20H26N4O2. The normalized spacial score (nSPS) is 21.5. The van der Waals surface area contributed by atoms with Crippen molar-refractivity contribution in [2.75, 3.05) is 26.7 Å². The summed E-state index contributed by atoms with van der Waals surface area (Å²) in [5.74, 6) is 0.138. The molecule has 1 aromatic heterocycles. The molecular weight excluding hydrogens is 328 g/mol. The molecule has 1 fully saturated rings. The molecule has 1 atom stereocenters. The van der Waals surface area contributed by atoms with E-state index in [4.69, 9.17) is 4.74 Å². The lowest BCUT2D eigenvalue weighted by atomic mass is 9.86. The molecule has 0 spiro atoms. The third-order valence-electron chi connectivity index (χ3n) is 5.51. The molecule has 26 heavy (non-hydrogen) atoms. The van der Waals surface area contributed by atoms with E-state index in [1.54, 1.807) is 0 Å². The highest BCUT2D eigenvalue weighted by molar-refractivity contribution is 5.69. The standard InChI is InChI=1S/C20H26N4O2/c1-22-9-7-17(8-10-22)26-20(25)24-13-15-5-3-4-6-18(15)19(14-24)16-11-21-23(2)12-16/h3-6,11-12,17,19H,7-10,13-14H2,1-2H3. The van der Waals surface area contributed by atoms with Gasteiger partial charge in [0.15, 0.2) is 0 Å². The number of hydrogen-bond donors (Lipinski definition) is 0. The van der Waals surface area contributed by atoms with Gasteiger partial charge in [-0.2, -0.15) is 5.10 Å². The Kier molecular flexibility index (Phi) is 4.68. The average Bonchev–Trinajstić information content (AvgIpc) is 3.09. The summed E-state index contributed by atoms with van der Waals surface area (Å²) in [5, 5.41) is 4.31. The quantitative estimate of drug-likeness (QED) is 0.832. The second kappa shape index (κ2) is 7.11. The molecule has 0 aliphatic carbocycles. The Morgan fingerprint density at radius 1 is 1.19 bits per heavy atom. The van der Waals surface area contributed by atoms with Gasteiger partial charge in [0.1, 0.15) is 6.10 Å². The fraction of sp³-hybridized carbons (Fsp3) is 0.500. The first-order valence-corrected chi connectivity index (χ1v) is 9.30. The number of likely N-dealkylation sites (tertiary alicyclic amines) is 1. The van der Waals surface area contributed by atoms with Crippen LogP contribution in [0, 0.1) is 0 Å².